The summed E-state index contributed by atoms with van der Waals surface area (Å²) in [6, 6.07) is 0. The predicted molar refractivity (Wildman–Crippen MR) is 584 cm³/mol. The molecule has 6 aliphatic heterocycles. The summed E-state index contributed by atoms with van der Waals surface area (Å²) in [7, 11) is -28.3. The molecule has 816 valence electrons. The lowest BCUT2D eigenvalue weighted by Crippen LogP contribution is -2.84. The van der Waals surface area contributed by atoms with Crippen molar-refractivity contribution in [1.82, 2.24) is 0 Å². The second-order valence-corrected chi connectivity index (χ2v) is 90.7. The van der Waals surface area contributed by atoms with Gasteiger partial charge in [-0.3, -0.25) is 0 Å². The zero-order chi connectivity index (χ0) is 104. The van der Waals surface area contributed by atoms with Gasteiger partial charge in [0.05, 0.1) is 0 Å². The van der Waals surface area contributed by atoms with Crippen LogP contribution in [-0.4, -0.2) is 310 Å². The minimum absolute atomic E-state index is 0.0208. The SMILES string of the molecule is CCCCCC(C=C[Si]12C[Si]3(C=CC(CCCCC)[Si](OC)(OC)OC)O[Si]4(C=CC(CCCCC)[Si](OC)(OC)OC)C[Si]5(C=CC(CCCCC)[Si](OC)(OC)OC)O[Si](C=CC(CCCCC)[Si](OC)(OC)OC)(C[Si](C=CC(CCCCC)[Si](OC)(OC)OC)(O1)O4)O[Si](C=CC(CCCCC)[Si](OC)(OC)OC)(C[Si](C=CC(CCCCC)[Si](OC)(OC)OC)(O3)O5)O2)[Si](OC)(OC)OC. The van der Waals surface area contributed by atoms with Crippen molar-refractivity contribution in [2.45, 2.75) is 328 Å². The highest BCUT2D eigenvalue weighted by molar-refractivity contribution is 7.17. The van der Waals surface area contributed by atoms with E-state index in [0.29, 0.717) is 51.4 Å². The molecule has 140 heavy (non-hydrogen) atoms. The van der Waals surface area contributed by atoms with E-state index in [9.17, 15) is 32.9 Å². The van der Waals surface area contributed by atoms with Gasteiger partial charge in [0.25, 0.3) is 0 Å². The predicted octanol–water partition coefficient (Wildman–Crippen LogP) is 21.3. The maximum Gasteiger partial charge on any atom is 0.507 e. The fraction of sp³-hybridized carbons (Fsp3) is 0.826. The minimum atomic E-state index is -4.82. The van der Waals surface area contributed by atoms with Crippen LogP contribution in [0.25, 0.3) is 0 Å². The summed E-state index contributed by atoms with van der Waals surface area (Å²) < 4.78 is 237. The molecular weight excluding hydrogens is 2070 g/mol. The van der Waals surface area contributed by atoms with Gasteiger partial charge in [-0.05, 0) is 97.0 Å². The molecule has 6 aliphatic rings. The lowest BCUT2D eigenvalue weighted by atomic mass is 10.1. The molecule has 0 saturated carbocycles. The standard InChI is InChI=1S/C92H192O32Si16/c1-33-41-49-57-85(133(93-9,94-10)95-11)65-73-125-81-126(74-66-86(58-50-42-34-2)134(96-12,97-13)98-14)118-129(77-69-89(61-53-45-37-5)137(105-21,106-22)107-23)82-127(117-125,75-67-87(59-51-43-35-3)135(99-15,100-16)101-17)123-130(78-70-90(62-54-46-38-6)138(108-24,109-25)110-26)83-128(121-125,76-68-88(60-52-44-36-4)136(102-18,103-19)104-20)119-131(122-126,79-71-91(63-55-47-39-7)139(111-27,112-28)113-29)84-132(120-130,124-129)80-72-92(64-56-48-40-8)140(114-30,115-31)116-32/h65-80,85-92H,33-64,81-84H2,1-32H3. The Labute approximate surface area is 864 Å². The van der Waals surface area contributed by atoms with E-state index in [0.717, 1.165) is 154 Å². The largest absolute Gasteiger partial charge is 0.507 e. The molecule has 6 rings (SSSR count). The van der Waals surface area contributed by atoms with Gasteiger partial charge in [-0.2, -0.15) is 0 Å². The molecule has 0 aromatic heterocycles. The summed E-state index contributed by atoms with van der Waals surface area (Å²) in [5.74, 6) is 0. The van der Waals surface area contributed by atoms with Crippen LogP contribution in [-0.2, 0) is 139 Å². The zero-order valence-electron chi connectivity index (χ0n) is 92.4. The first kappa shape index (κ1) is 131. The van der Waals surface area contributed by atoms with Gasteiger partial charge in [-0.25, -0.2) is 0 Å². The monoisotopic (exact) mass is 2260 g/mol. The molecule has 8 atom stereocenters. The molecule has 6 fully saturated rings. The van der Waals surface area contributed by atoms with Crippen molar-refractivity contribution in [3.63, 3.8) is 0 Å². The van der Waals surface area contributed by atoms with Crippen molar-refractivity contribution in [2.24, 2.45) is 0 Å². The molecule has 0 N–H and O–H groups in total. The Kier molecular flexibility index (Phi) is 59.4. The summed E-state index contributed by atoms with van der Waals surface area (Å²) in [5, 5.41) is 0. The lowest BCUT2D eigenvalue weighted by Gasteiger charge is -2.63. The molecule has 0 spiro atoms. The summed E-state index contributed by atoms with van der Waals surface area (Å²) in [6.45, 7) is 17.6. The smallest absolute Gasteiger partial charge is 0.409 e. The van der Waals surface area contributed by atoms with Crippen LogP contribution in [0.1, 0.15) is 261 Å². The normalized spacial score (nSPS) is 26.2. The van der Waals surface area contributed by atoms with Crippen LogP contribution in [0.15, 0.2) is 94.2 Å². The summed E-state index contributed by atoms with van der Waals surface area (Å²) in [6.07, 6.45) is 43.6. The Bertz CT molecular complexity index is 2830. The molecule has 0 aliphatic carbocycles. The second kappa shape index (κ2) is 63.7. The second-order valence-electron chi connectivity index (χ2n) is 37.4. The molecule has 32 nitrogen and oxygen atoms in total. The maximum absolute atomic E-state index is 9.46. The Morgan fingerprint density at radius 1 is 0.157 bits per heavy atom. The average Bonchev–Trinajstić information content (AvgIpc) is 0.682. The van der Waals surface area contributed by atoms with Gasteiger partial charge in [0, 0.05) is 238 Å². The van der Waals surface area contributed by atoms with Crippen molar-refractivity contribution < 1.29 is 139 Å². The third-order valence-corrected chi connectivity index (χ3v) is 97.1. The van der Waals surface area contributed by atoms with E-state index in [2.05, 4.69) is 150 Å². The van der Waals surface area contributed by atoms with Crippen LogP contribution in [0, 0.1) is 0 Å². The van der Waals surface area contributed by atoms with Gasteiger partial charge in [0.2, 0.25) is 0 Å². The van der Waals surface area contributed by atoms with Crippen LogP contribution in [0.4, 0.5) is 0 Å². The molecule has 0 amide bonds. The highest BCUT2D eigenvalue weighted by Crippen LogP contribution is 2.58. The van der Waals surface area contributed by atoms with Crippen molar-refractivity contribution >= 4 is 139 Å². The highest BCUT2D eigenvalue weighted by Gasteiger charge is 2.79. The quantitative estimate of drug-likeness (QED) is 0.0403. The zero-order valence-corrected chi connectivity index (χ0v) is 108. The van der Waals surface area contributed by atoms with E-state index in [-0.39, 0.29) is 22.7 Å². The number of unbranched alkanes of at least 4 members (excludes halogenated alkanes) is 16. The molecular formula is C92H192O32Si16. The van der Waals surface area contributed by atoms with E-state index in [4.69, 9.17) is 106 Å². The van der Waals surface area contributed by atoms with Gasteiger partial charge < -0.3 is 139 Å². The third-order valence-electron chi connectivity index (χ3n) is 28.8. The van der Waals surface area contributed by atoms with Crippen LogP contribution in [0.3, 0.4) is 0 Å². The fourth-order valence-corrected chi connectivity index (χ4v) is 103. The first-order valence-corrected chi connectivity index (χ1v) is 82.9. The number of hydrogen-bond donors (Lipinski definition) is 0. The van der Waals surface area contributed by atoms with Gasteiger partial charge in [0.15, 0.2) is 0 Å². The number of rotatable bonds is 80. The first-order chi connectivity index (χ1) is 67.3. The summed E-state index contributed by atoms with van der Waals surface area (Å²) in [4.78, 5) is 0. The maximum atomic E-state index is 9.46. The molecule has 48 heteroatoms. The van der Waals surface area contributed by atoms with E-state index in [1.54, 1.807) is 171 Å². The topological polar surface area (TPSA) is 295 Å². The molecule has 0 aromatic carbocycles. The first-order valence-electron chi connectivity index (χ1n) is 51.7. The van der Waals surface area contributed by atoms with Crippen molar-refractivity contribution in [2.75, 3.05) is 171 Å². The molecule has 8 unspecified atom stereocenters. The molecule has 6 saturated heterocycles. The van der Waals surface area contributed by atoms with Gasteiger partial charge in [-0.15, -0.1) is 0 Å². The molecule has 0 aromatic rings. The summed E-state index contributed by atoms with van der Waals surface area (Å²) >= 11 is 0. The Morgan fingerprint density at radius 3 is 0.314 bits per heavy atom. The van der Waals surface area contributed by atoms with E-state index in [1.807, 2.05) is 0 Å². The Hall–Kier alpha value is 0.110. The van der Waals surface area contributed by atoms with Crippen LogP contribution >= 0.6 is 0 Å². The molecule has 6 heterocycles. The van der Waals surface area contributed by atoms with Crippen LogP contribution in [0.2, 0.25) is 67.0 Å². The molecule has 0 radical (unpaired) electrons. The van der Waals surface area contributed by atoms with Crippen LogP contribution in [0.5, 0.6) is 0 Å². The Morgan fingerprint density at radius 2 is 0.243 bits per heavy atom. The van der Waals surface area contributed by atoms with Gasteiger partial charge in [0.1, 0.15) is 0 Å². The van der Waals surface area contributed by atoms with Crippen molar-refractivity contribution in [1.29, 1.82) is 0 Å². The average molecular weight is 2260 g/mol. The van der Waals surface area contributed by atoms with Gasteiger partial charge >= 0.3 is 139 Å². The van der Waals surface area contributed by atoms with E-state index >= 15 is 0 Å². The van der Waals surface area contributed by atoms with E-state index < -0.39 is 183 Å². The summed E-state index contributed by atoms with van der Waals surface area (Å²) in [5.41, 5.74) is 13.7. The third kappa shape index (κ3) is 33.1. The highest BCUT2D eigenvalue weighted by atomic mass is 28.6. The Balaban J connectivity index is 2.69. The molecule has 8 bridgehead atoms. The number of allylic oxidation sites excluding steroid dienone is 8. The van der Waals surface area contributed by atoms with Crippen molar-refractivity contribution in [3.8, 4) is 0 Å². The van der Waals surface area contributed by atoms with Gasteiger partial charge in [-0.1, -0.05) is 258 Å². The van der Waals surface area contributed by atoms with Crippen molar-refractivity contribution in [3.05, 3.63) is 94.2 Å². The van der Waals surface area contributed by atoms with E-state index in [1.165, 1.54) is 0 Å². The fourth-order valence-electron chi connectivity index (χ4n) is 21.2. The van der Waals surface area contributed by atoms with Crippen LogP contribution < -0.4 is 0 Å². The number of hydrogen-bond acceptors (Lipinski definition) is 32. The lowest BCUT2D eigenvalue weighted by molar-refractivity contribution is 0.114. The minimum Gasteiger partial charge on any atom is -0.409 e.